The van der Waals surface area contributed by atoms with E-state index < -0.39 is 4.92 Å². The van der Waals surface area contributed by atoms with Crippen LogP contribution in [0, 0.1) is 10.1 Å². The number of thiazole rings is 1. The first kappa shape index (κ1) is 22.6. The molecule has 0 aliphatic carbocycles. The third-order valence-electron chi connectivity index (χ3n) is 4.62. The summed E-state index contributed by atoms with van der Waals surface area (Å²) in [7, 11) is 0. The second-order valence-corrected chi connectivity index (χ2v) is 9.25. The van der Waals surface area contributed by atoms with Crippen LogP contribution in [-0.2, 0) is 16.0 Å². The Labute approximate surface area is 198 Å². The number of rotatable bonds is 8. The maximum Gasteiger partial charge on any atom is 0.310 e. The van der Waals surface area contributed by atoms with E-state index in [0.29, 0.717) is 17.9 Å². The Morgan fingerprint density at radius 1 is 1.18 bits per heavy atom. The minimum Gasteiger partial charge on any atom is -0.466 e. The molecule has 0 fully saturated rings. The third kappa shape index (κ3) is 5.82. The molecule has 0 saturated carbocycles. The van der Waals surface area contributed by atoms with Crippen molar-refractivity contribution in [3.63, 3.8) is 0 Å². The Morgan fingerprint density at radius 2 is 1.97 bits per heavy atom. The molecule has 0 aliphatic rings. The highest BCUT2D eigenvalue weighted by atomic mass is 32.2. The minimum atomic E-state index is -0.423. The number of hydrogen-bond donors (Lipinski definition) is 0. The monoisotopic (exact) mass is 477 g/mol. The molecular formula is C24H19N3O4S2. The summed E-state index contributed by atoms with van der Waals surface area (Å²) in [5.41, 5.74) is 3.05. The van der Waals surface area contributed by atoms with Gasteiger partial charge in [0.2, 0.25) is 0 Å². The van der Waals surface area contributed by atoms with Crippen molar-refractivity contribution in [3.8, 4) is 0 Å². The first-order chi connectivity index (χ1) is 16.0. The van der Waals surface area contributed by atoms with Crippen molar-refractivity contribution < 1.29 is 14.5 Å². The summed E-state index contributed by atoms with van der Waals surface area (Å²) in [5, 5.41) is 11.3. The lowest BCUT2D eigenvalue weighted by Crippen LogP contribution is -2.07. The van der Waals surface area contributed by atoms with Crippen LogP contribution in [0.5, 0.6) is 0 Å². The lowest BCUT2D eigenvalue weighted by molar-refractivity contribution is -0.384. The third-order valence-corrected chi connectivity index (χ3v) is 6.81. The number of nitro groups is 1. The summed E-state index contributed by atoms with van der Waals surface area (Å²) in [6.07, 6.45) is 1.81. The average Bonchev–Trinajstić information content (AvgIpc) is 3.22. The molecule has 7 nitrogen and oxygen atoms in total. The van der Waals surface area contributed by atoms with Gasteiger partial charge in [0.25, 0.3) is 5.69 Å². The first-order valence-electron chi connectivity index (χ1n) is 10.1. The van der Waals surface area contributed by atoms with E-state index in [1.165, 1.54) is 23.9 Å². The zero-order valence-corrected chi connectivity index (χ0v) is 19.3. The molecule has 0 unspecified atom stereocenters. The van der Waals surface area contributed by atoms with Crippen LogP contribution in [0.4, 0.5) is 11.4 Å². The van der Waals surface area contributed by atoms with Crippen LogP contribution in [0.25, 0.3) is 10.2 Å². The lowest BCUT2D eigenvalue weighted by Gasteiger charge is -2.04. The number of carbonyl (C=O) groups excluding carboxylic acids is 1. The highest BCUT2D eigenvalue weighted by molar-refractivity contribution is 8.01. The molecule has 0 atom stereocenters. The summed E-state index contributed by atoms with van der Waals surface area (Å²) >= 11 is 3.02. The number of esters is 1. The summed E-state index contributed by atoms with van der Waals surface area (Å²) < 4.78 is 6.90. The van der Waals surface area contributed by atoms with E-state index in [4.69, 9.17) is 4.74 Å². The molecule has 0 amide bonds. The minimum absolute atomic E-state index is 0.00474. The van der Waals surface area contributed by atoms with Gasteiger partial charge in [-0.25, -0.2) is 4.98 Å². The van der Waals surface area contributed by atoms with E-state index in [1.54, 1.807) is 42.7 Å². The lowest BCUT2D eigenvalue weighted by atomic mass is 10.1. The molecular weight excluding hydrogens is 458 g/mol. The number of nitro benzene ring substituents is 1. The highest BCUT2D eigenvalue weighted by Crippen LogP contribution is 2.36. The second-order valence-electron chi connectivity index (χ2n) is 6.94. The van der Waals surface area contributed by atoms with E-state index in [9.17, 15) is 14.9 Å². The maximum atomic E-state index is 11.6. The van der Waals surface area contributed by atoms with Crippen molar-refractivity contribution in [1.82, 2.24) is 4.98 Å². The fraction of sp³-hybridized carbons (Fsp3) is 0.125. The first-order valence-corrected chi connectivity index (χ1v) is 11.8. The van der Waals surface area contributed by atoms with E-state index in [0.717, 1.165) is 25.0 Å². The van der Waals surface area contributed by atoms with Crippen LogP contribution < -0.4 is 0 Å². The van der Waals surface area contributed by atoms with Gasteiger partial charge in [-0.1, -0.05) is 36.0 Å². The standard InChI is InChI=1S/C24H19N3O4S2/c1-2-31-23(28)13-16-7-9-18(10-8-16)25-15-17-14-19(27(29)30)11-12-21(17)32-24-26-20-5-3-4-6-22(20)33-24/h3-12,14-15H,2,13H2,1H3. The van der Waals surface area contributed by atoms with E-state index in [2.05, 4.69) is 9.98 Å². The van der Waals surface area contributed by atoms with Crippen molar-refractivity contribution in [3.05, 3.63) is 88.0 Å². The van der Waals surface area contributed by atoms with Gasteiger partial charge in [-0.05, 0) is 42.8 Å². The number of ether oxygens (including phenoxy) is 1. The zero-order chi connectivity index (χ0) is 23.2. The normalized spacial score (nSPS) is 11.2. The van der Waals surface area contributed by atoms with E-state index in [1.807, 2.05) is 36.4 Å². The topological polar surface area (TPSA) is 94.7 Å². The molecule has 0 N–H and O–H groups in total. The van der Waals surface area contributed by atoms with Crippen LogP contribution >= 0.6 is 23.1 Å². The Hall–Kier alpha value is -3.56. The van der Waals surface area contributed by atoms with Crippen LogP contribution in [-0.4, -0.2) is 28.7 Å². The largest absolute Gasteiger partial charge is 0.466 e. The van der Waals surface area contributed by atoms with Gasteiger partial charge in [0.15, 0.2) is 4.34 Å². The fourth-order valence-electron chi connectivity index (χ4n) is 3.05. The van der Waals surface area contributed by atoms with Gasteiger partial charge in [0, 0.05) is 28.8 Å². The molecule has 0 bridgehead atoms. The summed E-state index contributed by atoms with van der Waals surface area (Å²) in [6, 6.07) is 19.8. The number of benzene rings is 3. The molecule has 33 heavy (non-hydrogen) atoms. The molecule has 0 radical (unpaired) electrons. The molecule has 1 heterocycles. The number of nitrogens with zero attached hydrogens (tertiary/aromatic N) is 3. The van der Waals surface area contributed by atoms with E-state index in [-0.39, 0.29) is 18.1 Å². The summed E-state index contributed by atoms with van der Waals surface area (Å²) in [4.78, 5) is 32.4. The maximum absolute atomic E-state index is 11.6. The van der Waals surface area contributed by atoms with Crippen molar-refractivity contribution in [2.45, 2.75) is 22.6 Å². The van der Waals surface area contributed by atoms with Crippen LogP contribution in [0.15, 0.2) is 81.0 Å². The molecule has 3 aromatic carbocycles. The Balaban J connectivity index is 1.57. The molecule has 4 aromatic rings. The fourth-order valence-corrected chi connectivity index (χ4v) is 5.15. The van der Waals surface area contributed by atoms with Crippen LogP contribution in [0.2, 0.25) is 0 Å². The van der Waals surface area contributed by atoms with Gasteiger partial charge in [0.1, 0.15) is 0 Å². The molecule has 0 saturated heterocycles. The number of hydrogen-bond acceptors (Lipinski definition) is 8. The number of fused-ring (bicyclic) bond motifs is 1. The van der Waals surface area contributed by atoms with Gasteiger partial charge >= 0.3 is 5.97 Å². The number of para-hydroxylation sites is 1. The molecule has 9 heteroatoms. The Morgan fingerprint density at radius 3 is 2.70 bits per heavy atom. The number of non-ortho nitro benzene ring substituents is 1. The number of carbonyl (C=O) groups is 1. The highest BCUT2D eigenvalue weighted by Gasteiger charge is 2.13. The Kier molecular flexibility index (Phi) is 7.11. The molecule has 0 spiro atoms. The van der Waals surface area contributed by atoms with Gasteiger partial charge in [0.05, 0.1) is 33.9 Å². The second kappa shape index (κ2) is 10.4. The summed E-state index contributed by atoms with van der Waals surface area (Å²) in [6.45, 7) is 2.12. The van der Waals surface area contributed by atoms with Gasteiger partial charge in [-0.15, -0.1) is 11.3 Å². The predicted octanol–water partition coefficient (Wildman–Crippen LogP) is 6.21. The molecule has 0 aliphatic heterocycles. The van der Waals surface area contributed by atoms with Crippen molar-refractivity contribution in [2.24, 2.45) is 4.99 Å². The average molecular weight is 478 g/mol. The predicted molar refractivity (Wildman–Crippen MR) is 131 cm³/mol. The number of aromatic nitrogens is 1. The van der Waals surface area contributed by atoms with Crippen molar-refractivity contribution in [1.29, 1.82) is 0 Å². The van der Waals surface area contributed by atoms with Crippen LogP contribution in [0.1, 0.15) is 18.1 Å². The smallest absolute Gasteiger partial charge is 0.310 e. The molecule has 4 rings (SSSR count). The number of aliphatic imine (C=N–C) groups is 1. The van der Waals surface area contributed by atoms with Crippen molar-refractivity contribution in [2.75, 3.05) is 6.61 Å². The Bertz CT molecular complexity index is 1300. The van der Waals surface area contributed by atoms with Gasteiger partial charge < -0.3 is 4.74 Å². The van der Waals surface area contributed by atoms with Gasteiger partial charge in [-0.3, -0.25) is 19.9 Å². The van der Waals surface area contributed by atoms with Gasteiger partial charge in [-0.2, -0.15) is 0 Å². The van der Waals surface area contributed by atoms with Crippen LogP contribution in [0.3, 0.4) is 0 Å². The SMILES string of the molecule is CCOC(=O)Cc1ccc(N=Cc2cc([N+](=O)[O-])ccc2Sc2nc3ccccc3s2)cc1. The van der Waals surface area contributed by atoms with Crippen molar-refractivity contribution >= 4 is 56.9 Å². The summed E-state index contributed by atoms with van der Waals surface area (Å²) in [5.74, 6) is -0.276. The zero-order valence-electron chi connectivity index (χ0n) is 17.6. The molecule has 166 valence electrons. The van der Waals surface area contributed by atoms with E-state index >= 15 is 0 Å². The molecule has 1 aromatic heterocycles. The quantitative estimate of drug-likeness (QED) is 0.130.